The van der Waals surface area contributed by atoms with Crippen molar-refractivity contribution >= 4 is 40.8 Å². The molecule has 218 valence electrons. The fraction of sp³-hybridized carbons (Fsp3) is 0.536. The van der Waals surface area contributed by atoms with Gasteiger partial charge in [-0.05, 0) is 77.6 Å². The average molecular weight is 600 g/mol. The van der Waals surface area contributed by atoms with Crippen molar-refractivity contribution in [2.45, 2.75) is 89.1 Å². The number of anilines is 1. The van der Waals surface area contributed by atoms with Gasteiger partial charge in [-0.15, -0.1) is 0 Å². The topological polar surface area (TPSA) is 104 Å². The van der Waals surface area contributed by atoms with Gasteiger partial charge in [-0.3, -0.25) is 9.59 Å². The van der Waals surface area contributed by atoms with Crippen molar-refractivity contribution in [2.24, 2.45) is 0 Å². The second kappa shape index (κ2) is 11.7. The minimum absolute atomic E-state index is 0.0730. The van der Waals surface area contributed by atoms with Crippen molar-refractivity contribution in [3.8, 4) is 5.75 Å². The molecule has 8 nitrogen and oxygen atoms in total. The largest absolute Gasteiger partial charge is 0.476 e. The van der Waals surface area contributed by atoms with Gasteiger partial charge in [0.05, 0.1) is 22.7 Å². The lowest BCUT2D eigenvalue weighted by Gasteiger charge is -2.41. The summed E-state index contributed by atoms with van der Waals surface area (Å²) in [6, 6.07) is 6.59. The van der Waals surface area contributed by atoms with E-state index in [0.717, 1.165) is 12.8 Å². The monoisotopic (exact) mass is 598 g/mol. The molecule has 2 bridgehead atoms. The molecule has 0 aliphatic carbocycles. The molecule has 0 saturated carbocycles. The van der Waals surface area contributed by atoms with Crippen molar-refractivity contribution in [1.82, 2.24) is 15.6 Å². The maximum absolute atomic E-state index is 13.3. The molecule has 2 fully saturated rings. The van der Waals surface area contributed by atoms with Gasteiger partial charge in [0, 0.05) is 34.9 Å². The number of fused-ring (bicyclic) bond motifs is 2. The number of piperidine rings is 1. The molecule has 0 radical (unpaired) electrons. The summed E-state index contributed by atoms with van der Waals surface area (Å²) < 4.78 is 30.8. The number of amides is 2. The molecule has 2 saturated heterocycles. The number of carbonyl (C=O) groups excluding carboxylic acids is 2. The molecular weight excluding hydrogens is 565 g/mol. The molecule has 0 unspecified atom stereocenters. The molecule has 2 amide bonds. The molecule has 3 heterocycles. The van der Waals surface area contributed by atoms with E-state index in [9.17, 15) is 23.5 Å². The number of nitrogens with one attached hydrogen (secondary N) is 2. The number of rotatable bonds is 9. The van der Waals surface area contributed by atoms with Crippen molar-refractivity contribution in [2.75, 3.05) is 11.4 Å². The quantitative estimate of drug-likeness (QED) is 0.372. The first kappa shape index (κ1) is 30.3. The fourth-order valence-corrected chi connectivity index (χ4v) is 6.02. The molecule has 2 aliphatic heterocycles. The lowest BCUT2D eigenvalue weighted by molar-refractivity contribution is -0.135. The zero-order valence-corrected chi connectivity index (χ0v) is 24.3. The van der Waals surface area contributed by atoms with Crippen LogP contribution in [0.2, 0.25) is 10.0 Å². The van der Waals surface area contributed by atoms with Crippen LogP contribution in [0.15, 0.2) is 30.5 Å². The molecule has 12 heteroatoms. The normalized spacial score (nSPS) is 20.9. The summed E-state index contributed by atoms with van der Waals surface area (Å²) in [5.41, 5.74) is -1.83. The van der Waals surface area contributed by atoms with Crippen LogP contribution in [0.3, 0.4) is 0 Å². The number of alkyl halides is 2. The van der Waals surface area contributed by atoms with Crippen LogP contribution in [-0.4, -0.2) is 58.6 Å². The Morgan fingerprint density at radius 3 is 2.33 bits per heavy atom. The van der Waals surface area contributed by atoms with Gasteiger partial charge < -0.3 is 25.4 Å². The molecule has 4 rings (SSSR count). The van der Waals surface area contributed by atoms with E-state index < -0.39 is 30.1 Å². The third kappa shape index (κ3) is 6.78. The maximum atomic E-state index is 13.3. The Bertz CT molecular complexity index is 1240. The molecule has 3 N–H and O–H groups in total. The number of aliphatic hydroxyl groups is 1. The second-order valence-electron chi connectivity index (χ2n) is 11.4. The van der Waals surface area contributed by atoms with Crippen LogP contribution < -0.4 is 20.3 Å². The van der Waals surface area contributed by atoms with Gasteiger partial charge in [-0.1, -0.05) is 23.2 Å². The lowest BCUT2D eigenvalue weighted by Crippen LogP contribution is -2.55. The van der Waals surface area contributed by atoms with Crippen LogP contribution in [-0.2, 0) is 10.4 Å². The highest BCUT2D eigenvalue weighted by Crippen LogP contribution is 2.40. The fourth-order valence-electron chi connectivity index (χ4n) is 5.37. The van der Waals surface area contributed by atoms with E-state index in [-0.39, 0.29) is 40.4 Å². The number of pyridine rings is 1. The number of carbonyl (C=O) groups is 2. The molecule has 1 aromatic heterocycles. The summed E-state index contributed by atoms with van der Waals surface area (Å²) in [5, 5.41) is 16.3. The smallest absolute Gasteiger partial charge is 0.263 e. The van der Waals surface area contributed by atoms with Gasteiger partial charge in [-0.2, -0.15) is 0 Å². The van der Waals surface area contributed by atoms with Crippen LogP contribution in [0.1, 0.15) is 69.3 Å². The number of aromatic nitrogens is 1. The number of ether oxygens (including phenoxy) is 1. The highest BCUT2D eigenvalue weighted by atomic mass is 35.5. The van der Waals surface area contributed by atoms with Gasteiger partial charge in [0.2, 0.25) is 0 Å². The van der Waals surface area contributed by atoms with E-state index >= 15 is 0 Å². The molecular formula is C28H34Cl2F2N4O4. The van der Waals surface area contributed by atoms with E-state index in [1.807, 2.05) is 0 Å². The Labute approximate surface area is 242 Å². The highest BCUT2D eigenvalue weighted by molar-refractivity contribution is 6.36. The van der Waals surface area contributed by atoms with Gasteiger partial charge in [-0.25, -0.2) is 13.8 Å². The van der Waals surface area contributed by atoms with Crippen LogP contribution in [0.4, 0.5) is 14.6 Å². The molecule has 3 atom stereocenters. The molecule has 40 heavy (non-hydrogen) atoms. The minimum Gasteiger partial charge on any atom is -0.476 e. The SMILES string of the molecule is CC(C)(Oc1cc(C(C)(C)O)c(Cl)cc1Cl)C(=O)N[C@H]1C[C@H]2CC[C@@H](C1)N2c1ccc(C(=O)NCC(F)F)cn1. The van der Waals surface area contributed by atoms with Crippen LogP contribution in [0.5, 0.6) is 5.75 Å². The number of nitrogens with zero attached hydrogens (tertiary/aromatic N) is 2. The lowest BCUT2D eigenvalue weighted by atomic mass is 9.96. The Morgan fingerprint density at radius 1 is 1.12 bits per heavy atom. The molecule has 2 aromatic rings. The second-order valence-corrected chi connectivity index (χ2v) is 12.2. The highest BCUT2D eigenvalue weighted by Gasteiger charge is 2.43. The molecule has 2 aliphatic rings. The zero-order valence-electron chi connectivity index (χ0n) is 22.8. The first-order chi connectivity index (χ1) is 18.7. The van der Waals surface area contributed by atoms with E-state index in [2.05, 4.69) is 20.5 Å². The number of benzene rings is 1. The number of halogens is 4. The average Bonchev–Trinajstić information content (AvgIpc) is 3.13. The summed E-state index contributed by atoms with van der Waals surface area (Å²) >= 11 is 12.6. The predicted octanol–water partition coefficient (Wildman–Crippen LogP) is 5.08. The van der Waals surface area contributed by atoms with Gasteiger partial charge in [0.1, 0.15) is 11.6 Å². The van der Waals surface area contributed by atoms with Crippen LogP contribution in [0.25, 0.3) is 0 Å². The summed E-state index contributed by atoms with van der Waals surface area (Å²) in [5.74, 6) is 0.0743. The maximum Gasteiger partial charge on any atom is 0.263 e. The number of hydrogen-bond acceptors (Lipinski definition) is 6. The van der Waals surface area contributed by atoms with Crippen molar-refractivity contribution in [3.05, 3.63) is 51.6 Å². The van der Waals surface area contributed by atoms with E-state index in [4.69, 9.17) is 27.9 Å². The Hall–Kier alpha value is -2.69. The van der Waals surface area contributed by atoms with Gasteiger partial charge >= 0.3 is 0 Å². The van der Waals surface area contributed by atoms with Crippen LogP contribution >= 0.6 is 23.2 Å². The first-order valence-electron chi connectivity index (χ1n) is 13.2. The van der Waals surface area contributed by atoms with E-state index in [1.165, 1.54) is 12.3 Å². The summed E-state index contributed by atoms with van der Waals surface area (Å²) in [6.07, 6.45) is 2.08. The summed E-state index contributed by atoms with van der Waals surface area (Å²) in [6.45, 7) is 5.80. The van der Waals surface area contributed by atoms with Gasteiger partial charge in [0.25, 0.3) is 18.2 Å². The third-order valence-electron chi connectivity index (χ3n) is 7.35. The predicted molar refractivity (Wildman–Crippen MR) is 149 cm³/mol. The first-order valence-corrected chi connectivity index (χ1v) is 13.9. The zero-order chi connectivity index (χ0) is 29.4. The minimum atomic E-state index is -2.62. The summed E-state index contributed by atoms with van der Waals surface area (Å²) in [7, 11) is 0. The van der Waals surface area contributed by atoms with Crippen molar-refractivity contribution in [3.63, 3.8) is 0 Å². The summed E-state index contributed by atoms with van der Waals surface area (Å²) in [4.78, 5) is 32.0. The Kier molecular flexibility index (Phi) is 8.82. The van der Waals surface area contributed by atoms with E-state index in [1.54, 1.807) is 45.9 Å². The van der Waals surface area contributed by atoms with Crippen molar-refractivity contribution < 1.29 is 28.2 Å². The Morgan fingerprint density at radius 2 is 1.77 bits per heavy atom. The molecule has 0 spiro atoms. The third-order valence-corrected chi connectivity index (χ3v) is 7.96. The van der Waals surface area contributed by atoms with Crippen molar-refractivity contribution in [1.29, 1.82) is 0 Å². The Balaban J connectivity index is 1.39. The van der Waals surface area contributed by atoms with Crippen LogP contribution in [0, 0.1) is 0 Å². The number of hydrogen-bond donors (Lipinski definition) is 3. The van der Waals surface area contributed by atoms with E-state index in [0.29, 0.717) is 29.2 Å². The van der Waals surface area contributed by atoms with Gasteiger partial charge in [0.15, 0.2) is 5.60 Å². The standard InChI is InChI=1S/C28H34Cl2F2N4O4/c1-27(2,39)19-11-22(21(30)12-20(19)29)40-28(3,4)26(38)35-16-9-17-6-7-18(10-16)36(17)24-8-5-15(13-33-24)25(37)34-14-23(31)32/h5,8,11-13,16-18,23,39H,6-7,9-10,14H2,1-4H3,(H,34,37)(H,35,38)/t16-,17+,18-. The molecule has 1 aromatic carbocycles.